The molecule has 1 N–H and O–H groups in total. The van der Waals surface area contributed by atoms with Crippen molar-refractivity contribution >= 4 is 10.0 Å². The highest BCUT2D eigenvalue weighted by Gasteiger charge is 2.28. The van der Waals surface area contributed by atoms with E-state index in [0.717, 1.165) is 5.56 Å². The van der Waals surface area contributed by atoms with E-state index in [1.165, 1.54) is 13.2 Å². The number of sulfonamides is 1. The Morgan fingerprint density at radius 3 is 2.40 bits per heavy atom. The molecule has 1 aromatic rings. The van der Waals surface area contributed by atoms with Gasteiger partial charge in [0, 0.05) is 6.07 Å². The zero-order valence-corrected chi connectivity index (χ0v) is 13.4. The third-order valence-corrected chi connectivity index (χ3v) is 5.11. The van der Waals surface area contributed by atoms with Crippen molar-refractivity contribution in [2.45, 2.75) is 44.6 Å². The normalized spacial score (nSPS) is 14.4. The number of aryl methyl sites for hydroxylation is 2. The highest BCUT2D eigenvalue weighted by Crippen LogP contribution is 2.26. The smallest absolute Gasteiger partial charge is 0.242 e. The van der Waals surface area contributed by atoms with Gasteiger partial charge in [-0.15, -0.1) is 6.42 Å². The molecule has 20 heavy (non-hydrogen) atoms. The van der Waals surface area contributed by atoms with Gasteiger partial charge in [-0.2, -0.15) is 4.72 Å². The number of methoxy groups -OCH3 is 1. The fraction of sp³-hybridized carbons (Fsp3) is 0.467. The lowest BCUT2D eigenvalue weighted by molar-refractivity contribution is 0.410. The van der Waals surface area contributed by atoms with E-state index in [0.29, 0.717) is 17.7 Å². The molecule has 0 amide bonds. The van der Waals surface area contributed by atoms with Crippen LogP contribution in [0, 0.1) is 26.2 Å². The molecule has 0 saturated heterocycles. The summed E-state index contributed by atoms with van der Waals surface area (Å²) in [7, 11) is -2.18. The number of benzene rings is 1. The topological polar surface area (TPSA) is 55.4 Å². The molecule has 0 bridgehead atoms. The van der Waals surface area contributed by atoms with E-state index in [9.17, 15) is 8.42 Å². The molecule has 0 fully saturated rings. The lowest BCUT2D eigenvalue weighted by Gasteiger charge is -2.24. The molecule has 5 heteroatoms. The molecule has 0 saturated carbocycles. The molecule has 4 nitrogen and oxygen atoms in total. The van der Waals surface area contributed by atoms with Gasteiger partial charge in [-0.05, 0) is 38.3 Å². The highest BCUT2D eigenvalue weighted by molar-refractivity contribution is 7.89. The van der Waals surface area contributed by atoms with Gasteiger partial charge in [-0.3, -0.25) is 0 Å². The van der Waals surface area contributed by atoms with Gasteiger partial charge in [-0.1, -0.05) is 18.9 Å². The fourth-order valence-electron chi connectivity index (χ4n) is 1.88. The number of ether oxygens (including phenoxy) is 1. The van der Waals surface area contributed by atoms with E-state index >= 15 is 0 Å². The molecule has 110 valence electrons. The van der Waals surface area contributed by atoms with Crippen molar-refractivity contribution < 1.29 is 13.2 Å². The summed E-state index contributed by atoms with van der Waals surface area (Å²) in [6.45, 7) is 7.14. The predicted molar refractivity (Wildman–Crippen MR) is 80.3 cm³/mol. The van der Waals surface area contributed by atoms with Gasteiger partial charge < -0.3 is 4.74 Å². The maximum Gasteiger partial charge on any atom is 0.242 e. The first-order valence-electron chi connectivity index (χ1n) is 6.36. The summed E-state index contributed by atoms with van der Waals surface area (Å²) in [6.07, 6.45) is 5.92. The standard InChI is InChI=1S/C15H21NO3S/c1-7-15(5,8-2)16-20(17,18)14-10-13(19-6)11(3)9-12(14)4/h1,9-10,16H,8H2,2-6H3/t15-/m1/s1. The number of rotatable bonds is 5. The molecule has 0 spiro atoms. The predicted octanol–water partition coefficient (Wildman–Crippen LogP) is 2.39. The Balaban J connectivity index is 3.34. The van der Waals surface area contributed by atoms with Gasteiger partial charge in [0.1, 0.15) is 5.75 Å². The monoisotopic (exact) mass is 295 g/mol. The van der Waals surface area contributed by atoms with Gasteiger partial charge in [0.05, 0.1) is 17.5 Å². The van der Waals surface area contributed by atoms with Crippen LogP contribution in [0.4, 0.5) is 0 Å². The molecule has 0 aromatic heterocycles. The van der Waals surface area contributed by atoms with Crippen molar-refractivity contribution in [1.29, 1.82) is 0 Å². The number of terminal acetylenes is 1. The first kappa shape index (κ1) is 16.5. The molecule has 0 heterocycles. The summed E-state index contributed by atoms with van der Waals surface area (Å²) in [5.41, 5.74) is 0.647. The van der Waals surface area contributed by atoms with Crippen LogP contribution in [-0.4, -0.2) is 21.1 Å². The minimum absolute atomic E-state index is 0.190. The van der Waals surface area contributed by atoms with Crippen LogP contribution in [0.1, 0.15) is 31.4 Å². The molecular formula is C15H21NO3S. The maximum atomic E-state index is 12.5. The largest absolute Gasteiger partial charge is 0.496 e. The van der Waals surface area contributed by atoms with E-state index < -0.39 is 15.6 Å². The van der Waals surface area contributed by atoms with Crippen LogP contribution in [0.3, 0.4) is 0 Å². The summed E-state index contributed by atoms with van der Waals surface area (Å²) in [6, 6.07) is 3.31. The zero-order valence-electron chi connectivity index (χ0n) is 12.6. The first-order valence-corrected chi connectivity index (χ1v) is 7.84. The highest BCUT2D eigenvalue weighted by atomic mass is 32.2. The molecule has 1 rings (SSSR count). The van der Waals surface area contributed by atoms with E-state index in [2.05, 4.69) is 10.6 Å². The molecule has 1 aromatic carbocycles. The summed E-state index contributed by atoms with van der Waals surface area (Å²) >= 11 is 0. The van der Waals surface area contributed by atoms with Crippen LogP contribution in [-0.2, 0) is 10.0 Å². The van der Waals surface area contributed by atoms with Crippen LogP contribution in [0.2, 0.25) is 0 Å². The number of hydrogen-bond donors (Lipinski definition) is 1. The average molecular weight is 295 g/mol. The second-order valence-corrected chi connectivity index (χ2v) is 6.67. The van der Waals surface area contributed by atoms with Gasteiger partial charge in [-0.25, -0.2) is 8.42 Å². The maximum absolute atomic E-state index is 12.5. The van der Waals surface area contributed by atoms with Crippen molar-refractivity contribution in [3.05, 3.63) is 23.3 Å². The van der Waals surface area contributed by atoms with Crippen molar-refractivity contribution in [2.24, 2.45) is 0 Å². The Kier molecular flexibility index (Phi) is 4.85. The van der Waals surface area contributed by atoms with Gasteiger partial charge in [0.25, 0.3) is 0 Å². The second kappa shape index (κ2) is 5.86. The van der Waals surface area contributed by atoms with Gasteiger partial charge in [0.2, 0.25) is 10.0 Å². The average Bonchev–Trinajstić information content (AvgIpc) is 2.38. The van der Waals surface area contributed by atoms with E-state index in [1.54, 1.807) is 19.9 Å². The van der Waals surface area contributed by atoms with Crippen LogP contribution in [0.15, 0.2) is 17.0 Å². The number of hydrogen-bond acceptors (Lipinski definition) is 3. The fourth-order valence-corrected chi connectivity index (χ4v) is 3.53. The van der Waals surface area contributed by atoms with Crippen molar-refractivity contribution in [3.63, 3.8) is 0 Å². The third-order valence-electron chi connectivity index (χ3n) is 3.37. The quantitative estimate of drug-likeness (QED) is 0.849. The molecule has 0 unspecified atom stereocenters. The molecular weight excluding hydrogens is 274 g/mol. The lowest BCUT2D eigenvalue weighted by Crippen LogP contribution is -2.44. The Morgan fingerprint density at radius 2 is 1.95 bits per heavy atom. The summed E-state index contributed by atoms with van der Waals surface area (Å²) in [5, 5.41) is 0. The summed E-state index contributed by atoms with van der Waals surface area (Å²) < 4.78 is 32.8. The molecule has 0 aliphatic heterocycles. The van der Waals surface area contributed by atoms with Gasteiger partial charge >= 0.3 is 0 Å². The number of nitrogens with one attached hydrogen (secondary N) is 1. The second-order valence-electron chi connectivity index (χ2n) is 5.02. The third kappa shape index (κ3) is 3.33. The Labute approximate surface area is 121 Å². The van der Waals surface area contributed by atoms with Crippen LogP contribution < -0.4 is 9.46 Å². The minimum atomic E-state index is -3.69. The van der Waals surface area contributed by atoms with Crippen LogP contribution in [0.25, 0.3) is 0 Å². The molecule has 1 atom stereocenters. The van der Waals surface area contributed by atoms with Gasteiger partial charge in [0.15, 0.2) is 0 Å². The van der Waals surface area contributed by atoms with Crippen molar-refractivity contribution in [3.8, 4) is 18.1 Å². The van der Waals surface area contributed by atoms with Crippen molar-refractivity contribution in [2.75, 3.05) is 7.11 Å². The van der Waals surface area contributed by atoms with Crippen LogP contribution in [0.5, 0.6) is 5.75 Å². The first-order chi connectivity index (χ1) is 9.19. The lowest BCUT2D eigenvalue weighted by atomic mass is 10.0. The van der Waals surface area contributed by atoms with Crippen molar-refractivity contribution in [1.82, 2.24) is 4.72 Å². The summed E-state index contributed by atoms with van der Waals surface area (Å²) in [5.74, 6) is 3.03. The Bertz CT molecular complexity index is 644. The Morgan fingerprint density at radius 1 is 1.35 bits per heavy atom. The Hall–Kier alpha value is -1.51. The van der Waals surface area contributed by atoms with E-state index in [-0.39, 0.29) is 4.90 Å². The zero-order chi connectivity index (χ0) is 15.6. The molecule has 0 aliphatic rings. The summed E-state index contributed by atoms with van der Waals surface area (Å²) in [4.78, 5) is 0.190. The van der Waals surface area contributed by atoms with E-state index in [1.807, 2.05) is 13.8 Å². The SMILES string of the molecule is C#C[C@](C)(CC)NS(=O)(=O)c1cc(OC)c(C)cc1C. The molecule has 0 aliphatic carbocycles. The van der Waals surface area contributed by atoms with Crippen LogP contribution >= 0.6 is 0 Å². The van der Waals surface area contributed by atoms with E-state index in [4.69, 9.17) is 11.2 Å². The minimum Gasteiger partial charge on any atom is -0.496 e. The molecule has 0 radical (unpaired) electrons.